The summed E-state index contributed by atoms with van der Waals surface area (Å²) in [5, 5.41) is 0. The molecular weight excluding hydrogens is 300 g/mol. The number of carbonyl (C=O) groups excluding carboxylic acids is 2. The zero-order chi connectivity index (χ0) is 17.2. The number of hydrogen-bond donors (Lipinski definition) is 0. The van der Waals surface area contributed by atoms with Gasteiger partial charge in [-0.1, -0.05) is 54.6 Å². The molecule has 0 heterocycles. The Morgan fingerprint density at radius 1 is 1.00 bits per heavy atom. The summed E-state index contributed by atoms with van der Waals surface area (Å²) in [6.07, 6.45) is 2.00. The molecule has 124 valence electrons. The minimum absolute atomic E-state index is 0.208. The van der Waals surface area contributed by atoms with Crippen LogP contribution in [-0.4, -0.2) is 11.8 Å². The topological polar surface area (TPSA) is 43.4 Å². The second-order valence-electron chi connectivity index (χ2n) is 6.90. The van der Waals surface area contributed by atoms with Crippen LogP contribution in [0.1, 0.15) is 48.2 Å². The summed E-state index contributed by atoms with van der Waals surface area (Å²) in [4.78, 5) is 24.6. The molecule has 0 aromatic heterocycles. The van der Waals surface area contributed by atoms with E-state index >= 15 is 0 Å². The highest BCUT2D eigenvalue weighted by atomic mass is 16.5. The Labute approximate surface area is 142 Å². The molecule has 0 aliphatic heterocycles. The lowest BCUT2D eigenvalue weighted by molar-refractivity contribution is -0.150. The first kappa shape index (κ1) is 16.4. The molecule has 2 aromatic carbocycles. The lowest BCUT2D eigenvalue weighted by Crippen LogP contribution is -2.31. The Balaban J connectivity index is 1.67. The van der Waals surface area contributed by atoms with Crippen molar-refractivity contribution in [2.24, 2.45) is 5.92 Å². The SMILES string of the molecule is CC(C)(C(=O)OCc1ccccc1)c1ccc(C(=O)C2CC2)cc1. The smallest absolute Gasteiger partial charge is 0.316 e. The van der Waals surface area contributed by atoms with Crippen LogP contribution in [0.25, 0.3) is 0 Å². The fourth-order valence-corrected chi connectivity index (χ4v) is 2.65. The third-order valence-electron chi connectivity index (χ3n) is 4.56. The minimum atomic E-state index is -0.754. The Morgan fingerprint density at radius 2 is 1.62 bits per heavy atom. The molecular formula is C21H22O3. The van der Waals surface area contributed by atoms with E-state index in [1.807, 2.05) is 68.4 Å². The predicted molar refractivity (Wildman–Crippen MR) is 92.8 cm³/mol. The highest BCUT2D eigenvalue weighted by Gasteiger charge is 2.33. The molecule has 0 spiro atoms. The molecule has 1 saturated carbocycles. The monoisotopic (exact) mass is 322 g/mol. The van der Waals surface area contributed by atoms with Crippen molar-refractivity contribution in [2.45, 2.75) is 38.7 Å². The third kappa shape index (κ3) is 3.56. The molecule has 0 amide bonds. The summed E-state index contributed by atoms with van der Waals surface area (Å²) < 4.78 is 5.47. The minimum Gasteiger partial charge on any atom is -0.460 e. The molecule has 0 bridgehead atoms. The lowest BCUT2D eigenvalue weighted by atomic mass is 9.84. The van der Waals surface area contributed by atoms with Crippen LogP contribution in [0.2, 0.25) is 0 Å². The van der Waals surface area contributed by atoms with Crippen LogP contribution >= 0.6 is 0 Å². The maximum atomic E-state index is 12.5. The molecule has 1 aliphatic rings. The maximum absolute atomic E-state index is 12.5. The summed E-state index contributed by atoms with van der Waals surface area (Å²) in [6.45, 7) is 3.96. The van der Waals surface area contributed by atoms with Gasteiger partial charge >= 0.3 is 5.97 Å². The largest absolute Gasteiger partial charge is 0.460 e. The van der Waals surface area contributed by atoms with E-state index in [-0.39, 0.29) is 24.3 Å². The summed E-state index contributed by atoms with van der Waals surface area (Å²) in [5.41, 5.74) is 1.80. The maximum Gasteiger partial charge on any atom is 0.316 e. The van der Waals surface area contributed by atoms with Crippen molar-refractivity contribution in [2.75, 3.05) is 0 Å². The van der Waals surface area contributed by atoms with Gasteiger partial charge in [-0.05, 0) is 37.8 Å². The van der Waals surface area contributed by atoms with Gasteiger partial charge in [-0.15, -0.1) is 0 Å². The molecule has 1 fully saturated rings. The molecule has 1 aliphatic carbocycles. The van der Waals surface area contributed by atoms with Gasteiger partial charge in [-0.2, -0.15) is 0 Å². The Kier molecular flexibility index (Phi) is 4.52. The van der Waals surface area contributed by atoms with E-state index in [1.54, 1.807) is 0 Å². The first-order valence-electron chi connectivity index (χ1n) is 8.34. The third-order valence-corrected chi connectivity index (χ3v) is 4.56. The van der Waals surface area contributed by atoms with Crippen LogP contribution < -0.4 is 0 Å². The summed E-state index contributed by atoms with van der Waals surface area (Å²) >= 11 is 0. The van der Waals surface area contributed by atoms with Gasteiger partial charge < -0.3 is 4.74 Å². The number of rotatable bonds is 6. The van der Waals surface area contributed by atoms with E-state index < -0.39 is 5.41 Å². The molecule has 3 heteroatoms. The van der Waals surface area contributed by atoms with E-state index in [9.17, 15) is 9.59 Å². The van der Waals surface area contributed by atoms with Crippen molar-refractivity contribution >= 4 is 11.8 Å². The van der Waals surface area contributed by atoms with Gasteiger partial charge in [-0.25, -0.2) is 0 Å². The number of esters is 1. The Hall–Kier alpha value is -2.42. The van der Waals surface area contributed by atoms with Crippen molar-refractivity contribution < 1.29 is 14.3 Å². The normalized spacial score (nSPS) is 14.2. The lowest BCUT2D eigenvalue weighted by Gasteiger charge is -2.23. The van der Waals surface area contributed by atoms with E-state index in [4.69, 9.17) is 4.74 Å². The predicted octanol–water partition coefficient (Wildman–Crippen LogP) is 4.30. The Bertz CT molecular complexity index is 725. The zero-order valence-electron chi connectivity index (χ0n) is 14.1. The van der Waals surface area contributed by atoms with Gasteiger partial charge in [0.1, 0.15) is 6.61 Å². The summed E-state index contributed by atoms with van der Waals surface area (Å²) in [5.74, 6) is 0.151. The average molecular weight is 322 g/mol. The fourth-order valence-electron chi connectivity index (χ4n) is 2.65. The van der Waals surface area contributed by atoms with Crippen LogP contribution in [0.3, 0.4) is 0 Å². The number of carbonyl (C=O) groups is 2. The van der Waals surface area contributed by atoms with Crippen molar-refractivity contribution in [1.29, 1.82) is 0 Å². The van der Waals surface area contributed by atoms with Gasteiger partial charge in [0.2, 0.25) is 0 Å². The molecule has 0 unspecified atom stereocenters. The molecule has 0 N–H and O–H groups in total. The number of ketones is 1. The molecule has 0 atom stereocenters. The van der Waals surface area contributed by atoms with Crippen molar-refractivity contribution in [3.05, 3.63) is 71.3 Å². The van der Waals surface area contributed by atoms with Crippen molar-refractivity contribution in [3.63, 3.8) is 0 Å². The second kappa shape index (κ2) is 6.60. The van der Waals surface area contributed by atoms with E-state index in [1.165, 1.54) is 0 Å². The highest BCUT2D eigenvalue weighted by Crippen LogP contribution is 2.33. The van der Waals surface area contributed by atoms with Gasteiger partial charge in [0.25, 0.3) is 0 Å². The van der Waals surface area contributed by atoms with E-state index in [0.717, 1.165) is 29.5 Å². The summed E-state index contributed by atoms with van der Waals surface area (Å²) in [7, 11) is 0. The quantitative estimate of drug-likeness (QED) is 0.588. The molecule has 24 heavy (non-hydrogen) atoms. The van der Waals surface area contributed by atoms with Crippen molar-refractivity contribution in [1.82, 2.24) is 0 Å². The van der Waals surface area contributed by atoms with Crippen LogP contribution in [-0.2, 0) is 21.6 Å². The van der Waals surface area contributed by atoms with Crippen LogP contribution in [0, 0.1) is 5.92 Å². The first-order chi connectivity index (χ1) is 11.5. The molecule has 3 rings (SSSR count). The van der Waals surface area contributed by atoms with Crippen LogP contribution in [0.15, 0.2) is 54.6 Å². The molecule has 0 saturated heterocycles. The standard InChI is InChI=1S/C21H22O3/c1-21(2,20(23)24-14-15-6-4-3-5-7-15)18-12-10-17(11-13-18)19(22)16-8-9-16/h3-7,10-13,16H,8-9,14H2,1-2H3. The first-order valence-corrected chi connectivity index (χ1v) is 8.34. The molecule has 2 aromatic rings. The average Bonchev–Trinajstić information content (AvgIpc) is 3.45. The highest BCUT2D eigenvalue weighted by molar-refractivity contribution is 5.99. The zero-order valence-corrected chi connectivity index (χ0v) is 14.1. The second-order valence-corrected chi connectivity index (χ2v) is 6.90. The number of ether oxygens (including phenoxy) is 1. The molecule has 3 nitrogen and oxygen atoms in total. The van der Waals surface area contributed by atoms with Crippen LogP contribution in [0.5, 0.6) is 0 Å². The van der Waals surface area contributed by atoms with E-state index in [0.29, 0.717) is 0 Å². The van der Waals surface area contributed by atoms with Gasteiger partial charge in [0.05, 0.1) is 5.41 Å². The van der Waals surface area contributed by atoms with Gasteiger partial charge in [-0.3, -0.25) is 9.59 Å². The van der Waals surface area contributed by atoms with Gasteiger partial charge in [0, 0.05) is 11.5 Å². The van der Waals surface area contributed by atoms with E-state index in [2.05, 4.69) is 0 Å². The van der Waals surface area contributed by atoms with Crippen LogP contribution in [0.4, 0.5) is 0 Å². The number of hydrogen-bond acceptors (Lipinski definition) is 3. The summed E-state index contributed by atoms with van der Waals surface area (Å²) in [6, 6.07) is 17.0. The molecule has 0 radical (unpaired) electrons. The van der Waals surface area contributed by atoms with Crippen molar-refractivity contribution in [3.8, 4) is 0 Å². The van der Waals surface area contributed by atoms with Gasteiger partial charge in [0.15, 0.2) is 5.78 Å². The Morgan fingerprint density at radius 3 is 2.21 bits per heavy atom. The number of Topliss-reactive ketones (excluding diaryl/α,β-unsaturated/α-hetero) is 1. The number of benzene rings is 2. The fraction of sp³-hybridized carbons (Fsp3) is 0.333.